The zero-order chi connectivity index (χ0) is 18.2. The quantitative estimate of drug-likeness (QED) is 0.558. The average Bonchev–Trinajstić information content (AvgIpc) is 2.60. The van der Waals surface area contributed by atoms with E-state index in [1.54, 1.807) is 42.5 Å². The number of carbonyl (C=O) groups excluding carboxylic acids is 1. The van der Waals surface area contributed by atoms with Gasteiger partial charge in [0.15, 0.2) is 0 Å². The van der Waals surface area contributed by atoms with Crippen molar-refractivity contribution < 1.29 is 9.53 Å². The van der Waals surface area contributed by atoms with Crippen LogP contribution in [0.1, 0.15) is 6.92 Å². The van der Waals surface area contributed by atoms with Gasteiger partial charge in [-0.25, -0.2) is 0 Å². The van der Waals surface area contributed by atoms with Crippen LogP contribution in [-0.4, -0.2) is 12.5 Å². The first-order chi connectivity index (χ1) is 12.0. The van der Waals surface area contributed by atoms with E-state index in [1.807, 2.05) is 13.0 Å². The number of anilines is 2. The number of amides is 1. The molecular formula is C18H15Cl2N3O2. The number of benzene rings is 2. The summed E-state index contributed by atoms with van der Waals surface area (Å²) in [5, 5.41) is 15.5. The number of hydrogen-bond acceptors (Lipinski definition) is 4. The molecule has 2 aromatic rings. The summed E-state index contributed by atoms with van der Waals surface area (Å²) < 4.78 is 5.33. The summed E-state index contributed by atoms with van der Waals surface area (Å²) in [5.41, 5.74) is 1.08. The lowest BCUT2D eigenvalue weighted by Gasteiger charge is -2.07. The van der Waals surface area contributed by atoms with Crippen LogP contribution in [0, 0.1) is 11.3 Å². The van der Waals surface area contributed by atoms with Gasteiger partial charge in [-0.05, 0) is 49.4 Å². The van der Waals surface area contributed by atoms with Gasteiger partial charge >= 0.3 is 0 Å². The molecule has 25 heavy (non-hydrogen) atoms. The van der Waals surface area contributed by atoms with Crippen molar-refractivity contribution in [3.05, 3.63) is 64.3 Å². The molecule has 0 spiro atoms. The van der Waals surface area contributed by atoms with E-state index in [-0.39, 0.29) is 5.57 Å². The first-order valence-corrected chi connectivity index (χ1v) is 8.15. The Morgan fingerprint density at radius 2 is 1.84 bits per heavy atom. The Kier molecular flexibility index (Phi) is 6.70. The highest BCUT2D eigenvalue weighted by molar-refractivity contribution is 6.42. The van der Waals surface area contributed by atoms with Gasteiger partial charge in [-0.1, -0.05) is 23.2 Å². The van der Waals surface area contributed by atoms with Crippen LogP contribution in [0.15, 0.2) is 54.2 Å². The molecule has 0 atom stereocenters. The van der Waals surface area contributed by atoms with Gasteiger partial charge in [0.25, 0.3) is 5.91 Å². The molecule has 2 rings (SSSR count). The Morgan fingerprint density at radius 3 is 2.44 bits per heavy atom. The first-order valence-electron chi connectivity index (χ1n) is 7.39. The Morgan fingerprint density at radius 1 is 1.16 bits per heavy atom. The predicted molar refractivity (Wildman–Crippen MR) is 100 cm³/mol. The summed E-state index contributed by atoms with van der Waals surface area (Å²) in [4.78, 5) is 12.2. The molecule has 7 heteroatoms. The van der Waals surface area contributed by atoms with Crippen LogP contribution in [0.4, 0.5) is 11.4 Å². The lowest BCUT2D eigenvalue weighted by Crippen LogP contribution is -2.14. The highest BCUT2D eigenvalue weighted by atomic mass is 35.5. The van der Waals surface area contributed by atoms with Crippen molar-refractivity contribution in [3.8, 4) is 11.8 Å². The van der Waals surface area contributed by atoms with E-state index in [4.69, 9.17) is 27.9 Å². The third kappa shape index (κ3) is 5.42. The van der Waals surface area contributed by atoms with Crippen LogP contribution in [0.3, 0.4) is 0 Å². The molecule has 1 amide bonds. The van der Waals surface area contributed by atoms with Crippen molar-refractivity contribution in [3.63, 3.8) is 0 Å². The summed E-state index contributed by atoms with van der Waals surface area (Å²) in [6.07, 6.45) is 1.31. The standard InChI is InChI=1S/C18H15Cl2N3O2/c1-2-25-15-6-3-13(4-7-15)23-18(24)12(10-21)11-22-14-5-8-16(19)17(20)9-14/h3-9,11,22H,2H2,1H3,(H,23,24)/b12-11-. The fourth-order valence-corrected chi connectivity index (χ4v) is 2.19. The lowest BCUT2D eigenvalue weighted by molar-refractivity contribution is -0.112. The lowest BCUT2D eigenvalue weighted by atomic mass is 10.2. The van der Waals surface area contributed by atoms with Gasteiger partial charge in [-0.2, -0.15) is 5.26 Å². The Bertz CT molecular complexity index is 827. The Balaban J connectivity index is 2.04. The molecule has 0 unspecified atom stereocenters. The van der Waals surface area contributed by atoms with Crippen LogP contribution in [0.5, 0.6) is 5.75 Å². The fourth-order valence-electron chi connectivity index (χ4n) is 1.89. The molecule has 0 radical (unpaired) electrons. The van der Waals surface area contributed by atoms with E-state index in [0.717, 1.165) is 0 Å². The van der Waals surface area contributed by atoms with E-state index < -0.39 is 5.91 Å². The van der Waals surface area contributed by atoms with Crippen LogP contribution in [-0.2, 0) is 4.79 Å². The maximum absolute atomic E-state index is 12.2. The first kappa shape index (κ1) is 18.7. The Hall–Kier alpha value is -2.68. The number of nitrogens with one attached hydrogen (secondary N) is 2. The highest BCUT2D eigenvalue weighted by Crippen LogP contribution is 2.25. The Labute approximate surface area is 155 Å². The zero-order valence-electron chi connectivity index (χ0n) is 13.3. The van der Waals surface area contributed by atoms with E-state index in [9.17, 15) is 10.1 Å². The molecule has 0 saturated heterocycles. The van der Waals surface area contributed by atoms with E-state index in [2.05, 4.69) is 10.6 Å². The van der Waals surface area contributed by atoms with Gasteiger partial charge in [-0.3, -0.25) is 4.79 Å². The second-order valence-corrected chi connectivity index (χ2v) is 5.67. The average molecular weight is 376 g/mol. The molecule has 128 valence electrons. The minimum atomic E-state index is -0.528. The summed E-state index contributed by atoms with van der Waals surface area (Å²) in [5.74, 6) is 0.178. The monoisotopic (exact) mass is 375 g/mol. The van der Waals surface area contributed by atoms with Gasteiger partial charge in [0, 0.05) is 17.6 Å². The zero-order valence-corrected chi connectivity index (χ0v) is 14.9. The van der Waals surface area contributed by atoms with Gasteiger partial charge in [0.1, 0.15) is 17.4 Å². The summed E-state index contributed by atoms with van der Waals surface area (Å²) >= 11 is 11.8. The molecule has 0 fully saturated rings. The van der Waals surface area contributed by atoms with Gasteiger partial charge in [0.05, 0.1) is 16.7 Å². The van der Waals surface area contributed by atoms with Crippen molar-refractivity contribution in [2.75, 3.05) is 17.2 Å². The predicted octanol–water partition coefficient (Wildman–Crippen LogP) is 4.85. The van der Waals surface area contributed by atoms with Crippen LogP contribution in [0.25, 0.3) is 0 Å². The van der Waals surface area contributed by atoms with Crippen LogP contribution in [0.2, 0.25) is 10.0 Å². The topological polar surface area (TPSA) is 74.1 Å². The molecule has 2 N–H and O–H groups in total. The molecule has 0 aliphatic rings. The fraction of sp³-hybridized carbons (Fsp3) is 0.111. The minimum absolute atomic E-state index is 0.0834. The number of nitrogens with zero attached hydrogens (tertiary/aromatic N) is 1. The van der Waals surface area contributed by atoms with E-state index in [0.29, 0.717) is 33.8 Å². The van der Waals surface area contributed by atoms with E-state index in [1.165, 1.54) is 6.20 Å². The summed E-state index contributed by atoms with van der Waals surface area (Å²) in [7, 11) is 0. The number of ether oxygens (including phenoxy) is 1. The number of carbonyl (C=O) groups is 1. The third-order valence-corrected chi connectivity index (χ3v) is 3.83. The second-order valence-electron chi connectivity index (χ2n) is 4.85. The SMILES string of the molecule is CCOc1ccc(NC(=O)/C(C#N)=C\Nc2ccc(Cl)c(Cl)c2)cc1. The maximum atomic E-state index is 12.2. The number of halogens is 2. The normalized spacial score (nSPS) is 10.7. The van der Waals surface area contributed by atoms with Gasteiger partial charge < -0.3 is 15.4 Å². The highest BCUT2D eigenvalue weighted by Gasteiger charge is 2.09. The van der Waals surface area contributed by atoms with Crippen molar-refractivity contribution in [1.29, 1.82) is 5.26 Å². The number of nitriles is 1. The summed E-state index contributed by atoms with van der Waals surface area (Å²) in [6, 6.07) is 13.6. The largest absolute Gasteiger partial charge is 0.494 e. The van der Waals surface area contributed by atoms with Crippen molar-refractivity contribution >= 4 is 40.5 Å². The molecule has 0 saturated carbocycles. The van der Waals surface area contributed by atoms with Crippen molar-refractivity contribution in [1.82, 2.24) is 0 Å². The van der Waals surface area contributed by atoms with E-state index >= 15 is 0 Å². The molecule has 0 bridgehead atoms. The van der Waals surface area contributed by atoms with Crippen LogP contribution < -0.4 is 15.4 Å². The molecule has 0 aliphatic carbocycles. The smallest absolute Gasteiger partial charge is 0.267 e. The number of hydrogen-bond donors (Lipinski definition) is 2. The van der Waals surface area contributed by atoms with Crippen molar-refractivity contribution in [2.45, 2.75) is 6.92 Å². The summed E-state index contributed by atoms with van der Waals surface area (Å²) in [6.45, 7) is 2.45. The van der Waals surface area contributed by atoms with Gasteiger partial charge in [-0.15, -0.1) is 0 Å². The molecule has 0 aliphatic heterocycles. The molecular weight excluding hydrogens is 361 g/mol. The third-order valence-electron chi connectivity index (χ3n) is 3.09. The minimum Gasteiger partial charge on any atom is -0.494 e. The molecule has 5 nitrogen and oxygen atoms in total. The molecule has 0 heterocycles. The second kappa shape index (κ2) is 8.97. The number of rotatable bonds is 6. The maximum Gasteiger partial charge on any atom is 0.267 e. The molecule has 0 aromatic heterocycles. The van der Waals surface area contributed by atoms with Crippen LogP contribution >= 0.6 is 23.2 Å². The molecule has 2 aromatic carbocycles. The van der Waals surface area contributed by atoms with Crippen molar-refractivity contribution in [2.24, 2.45) is 0 Å². The van der Waals surface area contributed by atoms with Gasteiger partial charge in [0.2, 0.25) is 0 Å².